The number of hydrogen-bond donors (Lipinski definition) is 2. The molecular formula is C17H31N3O6. The molecule has 0 bridgehead atoms. The number of nitrogens with one attached hydrogen (secondary N) is 2. The summed E-state index contributed by atoms with van der Waals surface area (Å²) < 4.78 is 15.2. The number of hydrogen-bond acceptors (Lipinski definition) is 6. The molecule has 0 aromatic carbocycles. The minimum absolute atomic E-state index is 0.0126. The fraction of sp³-hybridized carbons (Fsp3) is 0.824. The first-order valence-electron chi connectivity index (χ1n) is 8.82. The molecule has 1 heterocycles. The highest BCUT2D eigenvalue weighted by Gasteiger charge is 2.24. The van der Waals surface area contributed by atoms with E-state index in [1.54, 1.807) is 32.8 Å². The molecule has 0 aromatic heterocycles. The molecule has 3 amide bonds. The highest BCUT2D eigenvalue weighted by Crippen LogP contribution is 2.10. The molecule has 1 aliphatic heterocycles. The lowest BCUT2D eigenvalue weighted by atomic mass is 10.0. The van der Waals surface area contributed by atoms with E-state index < -0.39 is 11.7 Å². The van der Waals surface area contributed by atoms with Gasteiger partial charge in [-0.15, -0.1) is 0 Å². The lowest BCUT2D eigenvalue weighted by Crippen LogP contribution is -2.49. The summed E-state index contributed by atoms with van der Waals surface area (Å²) >= 11 is 0. The Bertz CT molecular complexity index is 470. The summed E-state index contributed by atoms with van der Waals surface area (Å²) in [5.41, 5.74) is -0.604. The lowest BCUT2D eigenvalue weighted by Gasteiger charge is -2.32. The van der Waals surface area contributed by atoms with Gasteiger partial charge in [-0.25, -0.2) is 4.79 Å². The van der Waals surface area contributed by atoms with Crippen molar-refractivity contribution >= 4 is 17.9 Å². The zero-order valence-corrected chi connectivity index (χ0v) is 16.1. The van der Waals surface area contributed by atoms with E-state index in [2.05, 4.69) is 10.6 Å². The predicted molar refractivity (Wildman–Crippen MR) is 94.7 cm³/mol. The third-order valence-electron chi connectivity index (χ3n) is 3.66. The van der Waals surface area contributed by atoms with E-state index in [-0.39, 0.29) is 31.0 Å². The number of alkyl carbamates (subject to hydrolysis) is 1. The van der Waals surface area contributed by atoms with Gasteiger partial charge in [-0.3, -0.25) is 9.59 Å². The first-order valence-corrected chi connectivity index (χ1v) is 8.82. The number of rotatable bonds is 8. The van der Waals surface area contributed by atoms with Crippen molar-refractivity contribution in [1.82, 2.24) is 15.5 Å². The van der Waals surface area contributed by atoms with Gasteiger partial charge in [0.15, 0.2) is 0 Å². The first-order chi connectivity index (χ1) is 12.2. The van der Waals surface area contributed by atoms with Gasteiger partial charge in [-0.1, -0.05) is 0 Å². The quantitative estimate of drug-likeness (QED) is 0.592. The van der Waals surface area contributed by atoms with E-state index in [1.807, 2.05) is 0 Å². The molecule has 0 spiro atoms. The van der Waals surface area contributed by atoms with Gasteiger partial charge in [0, 0.05) is 26.2 Å². The van der Waals surface area contributed by atoms with Crippen molar-refractivity contribution in [2.24, 2.45) is 0 Å². The van der Waals surface area contributed by atoms with Crippen molar-refractivity contribution in [1.29, 1.82) is 0 Å². The van der Waals surface area contributed by atoms with E-state index in [1.165, 1.54) is 0 Å². The molecule has 9 heteroatoms. The van der Waals surface area contributed by atoms with Gasteiger partial charge in [-0.2, -0.15) is 0 Å². The van der Waals surface area contributed by atoms with Gasteiger partial charge in [0.05, 0.1) is 13.2 Å². The maximum absolute atomic E-state index is 12.0. The molecule has 0 saturated carbocycles. The van der Waals surface area contributed by atoms with Crippen LogP contribution in [0.25, 0.3) is 0 Å². The van der Waals surface area contributed by atoms with E-state index >= 15 is 0 Å². The van der Waals surface area contributed by atoms with Gasteiger partial charge in [0.2, 0.25) is 11.8 Å². The molecule has 0 aromatic rings. The number of amides is 3. The number of likely N-dealkylation sites (tertiary alicyclic amines) is 1. The van der Waals surface area contributed by atoms with Crippen LogP contribution in [-0.4, -0.2) is 81.0 Å². The standard InChI is InChI=1S/C17H31N3O6/c1-17(2,3)26-16(23)18-11-14(21)19-13-5-7-20(8-6-13)15(22)12-25-10-9-24-4/h13H,5-12H2,1-4H3,(H,18,23)(H,19,21). The maximum Gasteiger partial charge on any atom is 0.408 e. The molecule has 1 fully saturated rings. The Morgan fingerprint density at radius 1 is 1.12 bits per heavy atom. The Kier molecular flexibility index (Phi) is 9.36. The zero-order valence-electron chi connectivity index (χ0n) is 16.1. The molecule has 2 N–H and O–H groups in total. The summed E-state index contributed by atoms with van der Waals surface area (Å²) in [5.74, 6) is -0.332. The second kappa shape index (κ2) is 11.0. The Balaban J connectivity index is 2.20. The predicted octanol–water partition coefficient (Wildman–Crippen LogP) is 0.281. The number of methoxy groups -OCH3 is 1. The van der Waals surface area contributed by atoms with Crippen LogP contribution in [0.4, 0.5) is 4.79 Å². The average molecular weight is 373 g/mol. The normalized spacial score (nSPS) is 15.5. The average Bonchev–Trinajstić information content (AvgIpc) is 2.56. The molecule has 0 aliphatic carbocycles. The van der Waals surface area contributed by atoms with E-state index in [0.717, 1.165) is 0 Å². The molecule has 1 aliphatic rings. The van der Waals surface area contributed by atoms with E-state index in [4.69, 9.17) is 14.2 Å². The van der Waals surface area contributed by atoms with Crippen molar-refractivity contribution in [3.8, 4) is 0 Å². The van der Waals surface area contributed by atoms with Crippen LogP contribution in [0.15, 0.2) is 0 Å². The van der Waals surface area contributed by atoms with Crippen LogP contribution >= 0.6 is 0 Å². The fourth-order valence-corrected chi connectivity index (χ4v) is 2.41. The summed E-state index contributed by atoms with van der Waals surface area (Å²) in [6.07, 6.45) is 0.714. The summed E-state index contributed by atoms with van der Waals surface area (Å²) in [6, 6.07) is -0.0126. The van der Waals surface area contributed by atoms with Crippen LogP contribution in [0.1, 0.15) is 33.6 Å². The van der Waals surface area contributed by atoms with Crippen LogP contribution in [0.5, 0.6) is 0 Å². The Morgan fingerprint density at radius 3 is 2.35 bits per heavy atom. The van der Waals surface area contributed by atoms with E-state index in [0.29, 0.717) is 39.1 Å². The summed E-state index contributed by atoms with van der Waals surface area (Å²) in [7, 11) is 1.58. The molecule has 150 valence electrons. The zero-order chi connectivity index (χ0) is 19.6. The Labute approximate surface area is 154 Å². The van der Waals surface area contributed by atoms with Crippen molar-refractivity contribution in [2.75, 3.05) is 46.6 Å². The van der Waals surface area contributed by atoms with Gasteiger partial charge < -0.3 is 29.7 Å². The van der Waals surface area contributed by atoms with Gasteiger partial charge >= 0.3 is 6.09 Å². The van der Waals surface area contributed by atoms with Gasteiger partial charge in [-0.05, 0) is 33.6 Å². The lowest BCUT2D eigenvalue weighted by molar-refractivity contribution is -0.137. The van der Waals surface area contributed by atoms with Crippen molar-refractivity contribution in [2.45, 2.75) is 45.3 Å². The second-order valence-corrected chi connectivity index (χ2v) is 7.12. The third-order valence-corrected chi connectivity index (χ3v) is 3.66. The summed E-state index contributed by atoms with van der Waals surface area (Å²) in [5, 5.41) is 5.29. The Morgan fingerprint density at radius 2 is 1.77 bits per heavy atom. The topological polar surface area (TPSA) is 106 Å². The SMILES string of the molecule is COCCOCC(=O)N1CCC(NC(=O)CNC(=O)OC(C)(C)C)CC1. The number of nitrogens with zero attached hydrogens (tertiary/aromatic N) is 1. The van der Waals surface area contributed by atoms with Crippen molar-refractivity contribution in [3.63, 3.8) is 0 Å². The number of carbonyl (C=O) groups is 3. The molecule has 0 radical (unpaired) electrons. The van der Waals surface area contributed by atoms with Crippen molar-refractivity contribution in [3.05, 3.63) is 0 Å². The van der Waals surface area contributed by atoms with Crippen LogP contribution in [0.2, 0.25) is 0 Å². The van der Waals surface area contributed by atoms with Crippen LogP contribution in [0, 0.1) is 0 Å². The third kappa shape index (κ3) is 9.57. The fourth-order valence-electron chi connectivity index (χ4n) is 2.41. The first kappa shape index (κ1) is 22.2. The van der Waals surface area contributed by atoms with Gasteiger partial charge in [0.1, 0.15) is 18.8 Å². The molecule has 9 nitrogen and oxygen atoms in total. The Hall–Kier alpha value is -1.87. The molecule has 0 unspecified atom stereocenters. The van der Waals surface area contributed by atoms with Crippen molar-refractivity contribution < 1.29 is 28.6 Å². The minimum atomic E-state index is -0.624. The minimum Gasteiger partial charge on any atom is -0.444 e. The highest BCUT2D eigenvalue weighted by molar-refractivity contribution is 5.82. The summed E-state index contributed by atoms with van der Waals surface area (Å²) in [6.45, 7) is 7.15. The molecule has 0 atom stereocenters. The van der Waals surface area contributed by atoms with E-state index in [9.17, 15) is 14.4 Å². The largest absolute Gasteiger partial charge is 0.444 e. The smallest absolute Gasteiger partial charge is 0.408 e. The maximum atomic E-state index is 12.0. The molecule has 26 heavy (non-hydrogen) atoms. The van der Waals surface area contributed by atoms with Gasteiger partial charge in [0.25, 0.3) is 0 Å². The number of ether oxygens (including phenoxy) is 3. The summed E-state index contributed by atoms with van der Waals surface area (Å²) in [4.78, 5) is 37.2. The number of carbonyl (C=O) groups excluding carboxylic acids is 3. The number of piperidine rings is 1. The molecule has 1 saturated heterocycles. The van der Waals surface area contributed by atoms with Crippen LogP contribution in [-0.2, 0) is 23.8 Å². The monoisotopic (exact) mass is 373 g/mol. The van der Waals surface area contributed by atoms with Crippen LogP contribution < -0.4 is 10.6 Å². The molecular weight excluding hydrogens is 342 g/mol. The second-order valence-electron chi connectivity index (χ2n) is 7.12. The highest BCUT2D eigenvalue weighted by atomic mass is 16.6. The molecule has 1 rings (SSSR count). The van der Waals surface area contributed by atoms with Crippen LogP contribution in [0.3, 0.4) is 0 Å².